The van der Waals surface area contributed by atoms with Crippen molar-refractivity contribution < 1.29 is 19.1 Å². The van der Waals surface area contributed by atoms with Crippen LogP contribution in [0.15, 0.2) is 35.9 Å². The first-order valence-corrected chi connectivity index (χ1v) is 10.5. The molecule has 3 rings (SSSR count). The predicted molar refractivity (Wildman–Crippen MR) is 121 cm³/mol. The summed E-state index contributed by atoms with van der Waals surface area (Å²) in [5, 5.41) is 9.71. The van der Waals surface area contributed by atoms with E-state index in [-0.39, 0.29) is 11.5 Å². The molecule has 1 saturated heterocycles. The van der Waals surface area contributed by atoms with E-state index in [4.69, 9.17) is 9.47 Å². The Morgan fingerprint density at radius 2 is 1.69 bits per heavy atom. The standard InChI is InChI=1S/C24H28N4O4/c1-17-14-19(18(2)28(17)21-6-8-22(31-3)9-7-21)15-20(16-25)23(29)26-10-5-11-27(13-12-26)24(30)32-4/h6-9,14-15H,5,10-13H2,1-4H3/b20-15-. The van der Waals surface area contributed by atoms with Crippen molar-refractivity contribution in [3.8, 4) is 17.5 Å². The van der Waals surface area contributed by atoms with Crippen LogP contribution in [0.25, 0.3) is 11.8 Å². The van der Waals surface area contributed by atoms with Crippen LogP contribution < -0.4 is 4.74 Å². The maximum absolute atomic E-state index is 13.1. The zero-order valence-electron chi connectivity index (χ0n) is 18.9. The van der Waals surface area contributed by atoms with Gasteiger partial charge in [-0.1, -0.05) is 0 Å². The van der Waals surface area contributed by atoms with Crippen molar-refractivity contribution in [1.29, 1.82) is 5.26 Å². The SMILES string of the molecule is COC(=O)N1CCCN(C(=O)/C(C#N)=C\c2cc(C)n(-c3ccc(OC)cc3)c2C)CC1. The van der Waals surface area contributed by atoms with Crippen molar-refractivity contribution in [2.24, 2.45) is 0 Å². The number of hydrogen-bond acceptors (Lipinski definition) is 5. The predicted octanol–water partition coefficient (Wildman–Crippen LogP) is 3.31. The van der Waals surface area contributed by atoms with Crippen LogP contribution in [0, 0.1) is 25.2 Å². The van der Waals surface area contributed by atoms with Gasteiger partial charge in [-0.25, -0.2) is 4.79 Å². The first-order valence-electron chi connectivity index (χ1n) is 10.5. The summed E-state index contributed by atoms with van der Waals surface area (Å²) < 4.78 is 12.1. The molecule has 1 aromatic heterocycles. The van der Waals surface area contributed by atoms with Gasteiger partial charge in [0.05, 0.1) is 14.2 Å². The molecule has 1 aromatic carbocycles. The fourth-order valence-electron chi connectivity index (χ4n) is 3.96. The second-order valence-corrected chi connectivity index (χ2v) is 7.63. The van der Waals surface area contributed by atoms with Crippen LogP contribution >= 0.6 is 0 Å². The number of rotatable bonds is 4. The largest absolute Gasteiger partial charge is 0.497 e. The molecule has 0 radical (unpaired) electrons. The molecule has 2 heterocycles. The van der Waals surface area contributed by atoms with Gasteiger partial charge in [0.15, 0.2) is 0 Å². The Labute approximate surface area is 188 Å². The van der Waals surface area contributed by atoms with Crippen LogP contribution in [-0.2, 0) is 9.53 Å². The second kappa shape index (κ2) is 10.1. The zero-order chi connectivity index (χ0) is 23.3. The van der Waals surface area contributed by atoms with Gasteiger partial charge < -0.3 is 23.8 Å². The quantitative estimate of drug-likeness (QED) is 0.542. The number of benzene rings is 1. The monoisotopic (exact) mass is 436 g/mol. The van der Waals surface area contributed by atoms with Crippen molar-refractivity contribution in [2.75, 3.05) is 40.4 Å². The number of ether oxygens (including phenoxy) is 2. The average molecular weight is 437 g/mol. The van der Waals surface area contributed by atoms with Gasteiger partial charge in [-0.2, -0.15) is 5.26 Å². The van der Waals surface area contributed by atoms with Gasteiger partial charge in [0.2, 0.25) is 0 Å². The lowest BCUT2D eigenvalue weighted by molar-refractivity contribution is -0.126. The molecule has 0 bridgehead atoms. The van der Waals surface area contributed by atoms with Crippen molar-refractivity contribution in [2.45, 2.75) is 20.3 Å². The van der Waals surface area contributed by atoms with Crippen molar-refractivity contribution in [1.82, 2.24) is 14.4 Å². The van der Waals surface area contributed by atoms with Crippen molar-refractivity contribution >= 4 is 18.1 Å². The lowest BCUT2D eigenvalue weighted by Crippen LogP contribution is -2.37. The summed E-state index contributed by atoms with van der Waals surface area (Å²) >= 11 is 0. The first kappa shape index (κ1) is 22.9. The minimum atomic E-state index is -0.402. The van der Waals surface area contributed by atoms with Gasteiger partial charge in [0.25, 0.3) is 5.91 Å². The molecule has 0 N–H and O–H groups in total. The van der Waals surface area contributed by atoms with Crippen LogP contribution in [0.2, 0.25) is 0 Å². The normalized spacial score (nSPS) is 14.5. The summed E-state index contributed by atoms with van der Waals surface area (Å²) in [7, 11) is 2.97. The number of aryl methyl sites for hydroxylation is 1. The van der Waals surface area contributed by atoms with Crippen LogP contribution in [0.1, 0.15) is 23.4 Å². The van der Waals surface area contributed by atoms with Gasteiger partial charge in [0.1, 0.15) is 17.4 Å². The summed E-state index contributed by atoms with van der Waals surface area (Å²) in [6.45, 7) is 5.68. The van der Waals surface area contributed by atoms with E-state index in [9.17, 15) is 14.9 Å². The highest BCUT2D eigenvalue weighted by molar-refractivity contribution is 6.02. The molecule has 1 aliphatic heterocycles. The van der Waals surface area contributed by atoms with Crippen LogP contribution in [0.3, 0.4) is 0 Å². The number of carbonyl (C=O) groups is 2. The molecule has 0 aliphatic carbocycles. The van der Waals surface area contributed by atoms with Crippen molar-refractivity contribution in [3.63, 3.8) is 0 Å². The van der Waals surface area contributed by atoms with Crippen molar-refractivity contribution in [3.05, 3.63) is 52.9 Å². The number of hydrogen-bond donors (Lipinski definition) is 0. The molecule has 1 aliphatic rings. The van der Waals surface area contributed by atoms with E-state index in [1.165, 1.54) is 7.11 Å². The Kier molecular flexibility index (Phi) is 7.21. The lowest BCUT2D eigenvalue weighted by Gasteiger charge is -2.21. The molecule has 0 unspecified atom stereocenters. The number of methoxy groups -OCH3 is 2. The van der Waals surface area contributed by atoms with E-state index in [2.05, 4.69) is 10.6 Å². The number of carbonyl (C=O) groups excluding carboxylic acids is 2. The summed E-state index contributed by atoms with van der Waals surface area (Å²) in [5.74, 6) is 0.449. The molecule has 168 valence electrons. The van der Waals surface area contributed by atoms with Gasteiger partial charge in [0, 0.05) is 43.3 Å². The van der Waals surface area contributed by atoms with Gasteiger partial charge in [-0.15, -0.1) is 0 Å². The topological polar surface area (TPSA) is 87.8 Å². The fraction of sp³-hybridized carbons (Fsp3) is 0.375. The molecule has 8 nitrogen and oxygen atoms in total. The smallest absolute Gasteiger partial charge is 0.409 e. The molecule has 0 spiro atoms. The summed E-state index contributed by atoms with van der Waals surface area (Å²) in [4.78, 5) is 28.0. The highest BCUT2D eigenvalue weighted by Crippen LogP contribution is 2.25. The van der Waals surface area contributed by atoms with Crippen LogP contribution in [0.4, 0.5) is 4.79 Å². The molecule has 1 fully saturated rings. The zero-order valence-corrected chi connectivity index (χ0v) is 18.9. The third kappa shape index (κ3) is 4.78. The average Bonchev–Trinajstić information content (AvgIpc) is 2.97. The molecule has 0 atom stereocenters. The Morgan fingerprint density at radius 1 is 1.03 bits per heavy atom. The number of amides is 2. The van der Waals surface area contributed by atoms with E-state index in [0.717, 1.165) is 28.4 Å². The molecule has 0 saturated carbocycles. The summed E-state index contributed by atoms with van der Waals surface area (Å²) in [5.41, 5.74) is 3.79. The minimum Gasteiger partial charge on any atom is -0.497 e. The van der Waals surface area contributed by atoms with E-state index in [1.807, 2.05) is 44.2 Å². The summed E-state index contributed by atoms with van der Waals surface area (Å²) in [6, 6.07) is 11.7. The molecule has 2 amide bonds. The number of nitriles is 1. The number of nitrogens with zero attached hydrogens (tertiary/aromatic N) is 4. The second-order valence-electron chi connectivity index (χ2n) is 7.63. The lowest BCUT2D eigenvalue weighted by atomic mass is 10.1. The highest BCUT2D eigenvalue weighted by Gasteiger charge is 2.24. The number of aromatic nitrogens is 1. The van der Waals surface area contributed by atoms with E-state index in [0.29, 0.717) is 32.6 Å². The maximum atomic E-state index is 13.1. The molecular weight excluding hydrogens is 408 g/mol. The molecule has 32 heavy (non-hydrogen) atoms. The van der Waals surface area contributed by atoms with E-state index >= 15 is 0 Å². The first-order chi connectivity index (χ1) is 15.4. The Bertz CT molecular complexity index is 1060. The van der Waals surface area contributed by atoms with Crippen LogP contribution in [-0.4, -0.2) is 66.8 Å². The Morgan fingerprint density at radius 3 is 2.31 bits per heavy atom. The Balaban J connectivity index is 1.84. The highest BCUT2D eigenvalue weighted by atomic mass is 16.5. The van der Waals surface area contributed by atoms with Gasteiger partial charge >= 0.3 is 6.09 Å². The van der Waals surface area contributed by atoms with Crippen LogP contribution in [0.5, 0.6) is 5.75 Å². The van der Waals surface area contributed by atoms with E-state index < -0.39 is 6.09 Å². The van der Waals surface area contributed by atoms with Gasteiger partial charge in [-0.3, -0.25) is 4.79 Å². The van der Waals surface area contributed by atoms with Gasteiger partial charge in [-0.05, 0) is 62.2 Å². The molecule has 2 aromatic rings. The third-order valence-corrected chi connectivity index (χ3v) is 5.67. The molecule has 8 heteroatoms. The summed E-state index contributed by atoms with van der Waals surface area (Å²) in [6.07, 6.45) is 1.88. The van der Waals surface area contributed by atoms with E-state index in [1.54, 1.807) is 23.0 Å². The third-order valence-electron chi connectivity index (χ3n) is 5.67. The fourth-order valence-corrected chi connectivity index (χ4v) is 3.96. The minimum absolute atomic E-state index is 0.0755. The maximum Gasteiger partial charge on any atom is 0.409 e. The molecular formula is C24H28N4O4. The Hall–Kier alpha value is -3.73.